The van der Waals surface area contributed by atoms with Crippen molar-refractivity contribution in [3.8, 4) is 12.1 Å². The third-order valence-electron chi connectivity index (χ3n) is 5.64. The smallest absolute Gasteiger partial charge is 0.179 e. The molecule has 0 fully saturated rings. The number of allylic oxidation sites excluding steroid dienone is 8. The maximum Gasteiger partial charge on any atom is 0.179 e. The molecule has 2 aliphatic carbocycles. The lowest BCUT2D eigenvalue weighted by Crippen LogP contribution is -2.24. The van der Waals surface area contributed by atoms with Gasteiger partial charge in [0.15, 0.2) is 5.41 Å². The monoisotopic (exact) mass is 375 g/mol. The molecule has 0 amide bonds. The molecule has 0 saturated carbocycles. The van der Waals surface area contributed by atoms with Gasteiger partial charge in [-0.3, -0.25) is 0 Å². The van der Waals surface area contributed by atoms with Crippen molar-refractivity contribution >= 4 is 16.8 Å². The molecular weight excluding hydrogens is 354 g/mol. The molecule has 3 heteroatoms. The van der Waals surface area contributed by atoms with Crippen molar-refractivity contribution in [3.05, 3.63) is 102 Å². The van der Waals surface area contributed by atoms with Crippen LogP contribution in [-0.2, 0) is 0 Å². The maximum absolute atomic E-state index is 10.0. The second kappa shape index (κ2) is 7.30. The van der Waals surface area contributed by atoms with Crippen molar-refractivity contribution in [2.45, 2.75) is 0 Å². The van der Waals surface area contributed by atoms with E-state index in [-0.39, 0.29) is 5.92 Å². The van der Waals surface area contributed by atoms with Crippen LogP contribution >= 0.6 is 0 Å². The normalized spacial score (nSPS) is 19.0. The summed E-state index contributed by atoms with van der Waals surface area (Å²) in [6, 6.07) is 22.7. The predicted octanol–water partition coefficient (Wildman–Crippen LogP) is 5.38. The Morgan fingerprint density at radius 1 is 0.862 bits per heavy atom. The van der Waals surface area contributed by atoms with Gasteiger partial charge in [-0.15, -0.1) is 0 Å². The first kappa shape index (κ1) is 18.5. The highest BCUT2D eigenvalue weighted by Crippen LogP contribution is 2.52. The molecule has 1 unspecified atom stereocenters. The van der Waals surface area contributed by atoms with Crippen LogP contribution in [0.3, 0.4) is 0 Å². The van der Waals surface area contributed by atoms with Crippen molar-refractivity contribution in [1.29, 1.82) is 10.5 Å². The molecular formula is C26H21N3. The maximum atomic E-state index is 10.0. The molecule has 0 saturated heterocycles. The fraction of sp³-hybridized carbons (Fsp3) is 0.154. The van der Waals surface area contributed by atoms with Gasteiger partial charge in [0.2, 0.25) is 0 Å². The summed E-state index contributed by atoms with van der Waals surface area (Å²) in [6.07, 6.45) is 10.2. The molecule has 0 radical (unpaired) electrons. The Labute approximate surface area is 171 Å². The zero-order valence-electron chi connectivity index (χ0n) is 16.5. The summed E-state index contributed by atoms with van der Waals surface area (Å²) in [5.74, 6) is -0.289. The Bertz CT molecular complexity index is 1120. The number of nitriles is 2. The summed E-state index contributed by atoms with van der Waals surface area (Å²) in [6.45, 7) is 0. The zero-order valence-corrected chi connectivity index (χ0v) is 16.5. The molecule has 2 aromatic rings. The first-order valence-corrected chi connectivity index (χ1v) is 9.57. The van der Waals surface area contributed by atoms with E-state index in [2.05, 4.69) is 47.4 Å². The first-order valence-electron chi connectivity index (χ1n) is 9.57. The third kappa shape index (κ3) is 3.08. The largest absolute Gasteiger partial charge is 0.378 e. The number of anilines is 1. The molecule has 0 heterocycles. The molecule has 0 aliphatic heterocycles. The molecule has 2 aliphatic rings. The van der Waals surface area contributed by atoms with E-state index >= 15 is 0 Å². The standard InChI is InChI=1S/C26H21N3/c1-29(2)23-13-10-20(11-14-23)19-8-9-22-16-25(21-6-4-3-5-7-21)26(17-27,18-28)24(22)15-12-19/h3-16,24H,1-2H3. The van der Waals surface area contributed by atoms with Gasteiger partial charge < -0.3 is 4.90 Å². The molecule has 0 bridgehead atoms. The van der Waals surface area contributed by atoms with E-state index in [0.29, 0.717) is 0 Å². The number of benzene rings is 2. The Morgan fingerprint density at radius 2 is 1.55 bits per heavy atom. The molecule has 0 spiro atoms. The number of hydrogen-bond donors (Lipinski definition) is 0. The highest BCUT2D eigenvalue weighted by Gasteiger charge is 2.48. The minimum atomic E-state index is -1.22. The Hall–Kier alpha value is -3.82. The van der Waals surface area contributed by atoms with Gasteiger partial charge in [-0.2, -0.15) is 10.5 Å². The predicted molar refractivity (Wildman–Crippen MR) is 118 cm³/mol. The third-order valence-corrected chi connectivity index (χ3v) is 5.64. The lowest BCUT2D eigenvalue weighted by molar-refractivity contribution is 0.578. The van der Waals surface area contributed by atoms with Crippen molar-refractivity contribution in [2.75, 3.05) is 19.0 Å². The van der Waals surface area contributed by atoms with E-state index < -0.39 is 5.41 Å². The van der Waals surface area contributed by atoms with Crippen molar-refractivity contribution in [1.82, 2.24) is 0 Å². The van der Waals surface area contributed by atoms with Crippen molar-refractivity contribution in [3.63, 3.8) is 0 Å². The SMILES string of the molecule is CN(C)c1ccc(C2=CC=C3C=C(c4ccccc4)C(C#N)(C#N)C3C=C2)cc1. The van der Waals surface area contributed by atoms with Gasteiger partial charge in [0, 0.05) is 25.7 Å². The van der Waals surface area contributed by atoms with Crippen LogP contribution in [0.4, 0.5) is 5.69 Å². The summed E-state index contributed by atoms with van der Waals surface area (Å²) >= 11 is 0. The van der Waals surface area contributed by atoms with Crippen LogP contribution < -0.4 is 4.90 Å². The van der Waals surface area contributed by atoms with E-state index in [9.17, 15) is 10.5 Å². The second-order valence-electron chi connectivity index (χ2n) is 7.52. The first-order chi connectivity index (χ1) is 14.1. The van der Waals surface area contributed by atoms with Crippen LogP contribution in [0.25, 0.3) is 11.1 Å². The van der Waals surface area contributed by atoms with Gasteiger partial charge in [-0.05, 0) is 40.0 Å². The fourth-order valence-electron chi connectivity index (χ4n) is 3.99. The molecule has 4 rings (SSSR count). The van der Waals surface area contributed by atoms with E-state index in [0.717, 1.165) is 33.5 Å². The fourth-order valence-corrected chi connectivity index (χ4v) is 3.99. The molecule has 2 aromatic carbocycles. The zero-order chi connectivity index (χ0) is 20.4. The quantitative estimate of drug-likeness (QED) is 0.724. The summed E-state index contributed by atoms with van der Waals surface area (Å²) in [5.41, 5.74) is 4.78. The van der Waals surface area contributed by atoms with Gasteiger partial charge >= 0.3 is 0 Å². The van der Waals surface area contributed by atoms with Crippen molar-refractivity contribution < 1.29 is 0 Å². The van der Waals surface area contributed by atoms with E-state index in [4.69, 9.17) is 0 Å². The van der Waals surface area contributed by atoms with Crippen LogP contribution in [-0.4, -0.2) is 14.1 Å². The van der Waals surface area contributed by atoms with Crippen LogP contribution in [0, 0.1) is 34.0 Å². The van der Waals surface area contributed by atoms with Crippen LogP contribution in [0.15, 0.2) is 90.6 Å². The number of fused-ring (bicyclic) bond motifs is 1. The summed E-state index contributed by atoms with van der Waals surface area (Å²) < 4.78 is 0. The molecule has 0 N–H and O–H groups in total. The lowest BCUT2D eigenvalue weighted by atomic mass is 9.73. The average Bonchev–Trinajstić information content (AvgIpc) is 2.92. The average molecular weight is 375 g/mol. The number of nitrogens with zero attached hydrogens (tertiary/aromatic N) is 3. The van der Waals surface area contributed by atoms with Crippen LogP contribution in [0.1, 0.15) is 11.1 Å². The second-order valence-corrected chi connectivity index (χ2v) is 7.52. The van der Waals surface area contributed by atoms with Gasteiger partial charge in [-0.1, -0.05) is 72.8 Å². The van der Waals surface area contributed by atoms with Crippen LogP contribution in [0.5, 0.6) is 0 Å². The van der Waals surface area contributed by atoms with Crippen LogP contribution in [0.2, 0.25) is 0 Å². The minimum Gasteiger partial charge on any atom is -0.378 e. The van der Waals surface area contributed by atoms with E-state index in [1.54, 1.807) is 0 Å². The van der Waals surface area contributed by atoms with Gasteiger partial charge in [0.1, 0.15) is 0 Å². The molecule has 3 nitrogen and oxygen atoms in total. The Morgan fingerprint density at radius 3 is 2.17 bits per heavy atom. The summed E-state index contributed by atoms with van der Waals surface area (Å²) in [7, 11) is 4.04. The summed E-state index contributed by atoms with van der Waals surface area (Å²) in [4.78, 5) is 2.07. The Kier molecular flexibility index (Phi) is 4.67. The number of rotatable bonds is 3. The van der Waals surface area contributed by atoms with Crippen molar-refractivity contribution in [2.24, 2.45) is 11.3 Å². The lowest BCUT2D eigenvalue weighted by Gasteiger charge is -2.23. The molecule has 29 heavy (non-hydrogen) atoms. The van der Waals surface area contributed by atoms with E-state index in [1.165, 1.54) is 0 Å². The highest BCUT2D eigenvalue weighted by molar-refractivity contribution is 5.85. The summed E-state index contributed by atoms with van der Waals surface area (Å²) in [5, 5.41) is 20.1. The van der Waals surface area contributed by atoms with Gasteiger partial charge in [0.05, 0.1) is 12.1 Å². The molecule has 140 valence electrons. The minimum absolute atomic E-state index is 0.289. The molecule has 1 atom stereocenters. The van der Waals surface area contributed by atoms with Gasteiger partial charge in [0.25, 0.3) is 0 Å². The van der Waals surface area contributed by atoms with Gasteiger partial charge in [-0.25, -0.2) is 0 Å². The molecule has 0 aromatic heterocycles. The number of hydrogen-bond acceptors (Lipinski definition) is 3. The topological polar surface area (TPSA) is 50.8 Å². The Balaban J connectivity index is 1.77. The highest BCUT2D eigenvalue weighted by atomic mass is 15.1. The van der Waals surface area contributed by atoms with E-state index in [1.807, 2.05) is 68.7 Å².